The molecular formula is C11H6BrF3N2. The molecule has 2 aromatic rings. The van der Waals surface area contributed by atoms with Gasteiger partial charge in [-0.3, -0.25) is 0 Å². The van der Waals surface area contributed by atoms with Crippen molar-refractivity contribution in [2.24, 2.45) is 0 Å². The zero-order chi connectivity index (χ0) is 12.5. The minimum Gasteiger partial charge on any atom is -0.244 e. The maximum Gasteiger partial charge on any atom is 0.419 e. The van der Waals surface area contributed by atoms with Crippen LogP contribution in [0.3, 0.4) is 0 Å². The van der Waals surface area contributed by atoms with Gasteiger partial charge < -0.3 is 0 Å². The summed E-state index contributed by atoms with van der Waals surface area (Å²) in [6, 6.07) is 6.47. The molecule has 0 saturated heterocycles. The Morgan fingerprint density at radius 3 is 2.29 bits per heavy atom. The second kappa shape index (κ2) is 4.44. The zero-order valence-electron chi connectivity index (χ0n) is 8.37. The molecule has 0 aliphatic rings. The first-order valence-corrected chi connectivity index (χ1v) is 5.41. The average molecular weight is 303 g/mol. The molecule has 0 spiro atoms. The molecule has 6 heteroatoms. The monoisotopic (exact) mass is 302 g/mol. The molecule has 88 valence electrons. The molecule has 0 aliphatic heterocycles. The highest BCUT2D eigenvalue weighted by Crippen LogP contribution is 2.35. The van der Waals surface area contributed by atoms with Gasteiger partial charge in [-0.25, -0.2) is 9.97 Å². The zero-order valence-corrected chi connectivity index (χ0v) is 9.96. The van der Waals surface area contributed by atoms with Crippen LogP contribution in [0.1, 0.15) is 5.56 Å². The lowest BCUT2D eigenvalue weighted by Gasteiger charge is -2.10. The molecule has 0 atom stereocenters. The van der Waals surface area contributed by atoms with E-state index in [-0.39, 0.29) is 5.69 Å². The summed E-state index contributed by atoms with van der Waals surface area (Å²) in [5.74, 6) is 0. The Morgan fingerprint density at radius 1 is 1.06 bits per heavy atom. The van der Waals surface area contributed by atoms with Gasteiger partial charge in [-0.15, -0.1) is 0 Å². The third kappa shape index (κ3) is 2.63. The van der Waals surface area contributed by atoms with Gasteiger partial charge in [0, 0.05) is 16.2 Å². The van der Waals surface area contributed by atoms with Crippen LogP contribution in [-0.4, -0.2) is 9.97 Å². The highest BCUT2D eigenvalue weighted by Gasteiger charge is 2.34. The largest absolute Gasteiger partial charge is 0.419 e. The van der Waals surface area contributed by atoms with Gasteiger partial charge in [0.2, 0.25) is 0 Å². The number of aromatic nitrogens is 2. The lowest BCUT2D eigenvalue weighted by atomic mass is 10.1. The van der Waals surface area contributed by atoms with Crippen molar-refractivity contribution in [3.05, 3.63) is 46.8 Å². The molecule has 1 heterocycles. The van der Waals surface area contributed by atoms with Crippen LogP contribution in [-0.2, 0) is 6.18 Å². The molecule has 0 N–H and O–H groups in total. The normalized spacial score (nSPS) is 11.5. The molecular weight excluding hydrogens is 297 g/mol. The van der Waals surface area contributed by atoms with Crippen LogP contribution in [0.2, 0.25) is 0 Å². The molecule has 0 radical (unpaired) electrons. The van der Waals surface area contributed by atoms with Crippen molar-refractivity contribution in [2.75, 3.05) is 0 Å². The summed E-state index contributed by atoms with van der Waals surface area (Å²) in [6.45, 7) is 0. The fraction of sp³-hybridized carbons (Fsp3) is 0.0909. The standard InChI is InChI=1S/C11H6BrF3N2/c12-8-3-1-7(2-4-8)10-9(11(13,14)15)5-16-6-17-10/h1-6H. The number of halogens is 4. The summed E-state index contributed by atoms with van der Waals surface area (Å²) in [5, 5.41) is 0. The first-order valence-electron chi connectivity index (χ1n) is 4.61. The van der Waals surface area contributed by atoms with Gasteiger partial charge >= 0.3 is 6.18 Å². The first kappa shape index (κ1) is 12.0. The summed E-state index contributed by atoms with van der Waals surface area (Å²) in [6.07, 6.45) is -2.57. The van der Waals surface area contributed by atoms with Crippen molar-refractivity contribution in [1.82, 2.24) is 9.97 Å². The summed E-state index contributed by atoms with van der Waals surface area (Å²) in [7, 11) is 0. The second-order valence-electron chi connectivity index (χ2n) is 3.29. The van der Waals surface area contributed by atoms with Gasteiger partial charge in [-0.2, -0.15) is 13.2 Å². The van der Waals surface area contributed by atoms with Crippen LogP contribution in [0, 0.1) is 0 Å². The van der Waals surface area contributed by atoms with Gasteiger partial charge in [0.05, 0.1) is 5.69 Å². The molecule has 17 heavy (non-hydrogen) atoms. The van der Waals surface area contributed by atoms with E-state index in [0.29, 0.717) is 5.56 Å². The fourth-order valence-corrected chi connectivity index (χ4v) is 1.64. The van der Waals surface area contributed by atoms with Crippen molar-refractivity contribution < 1.29 is 13.2 Å². The predicted octanol–water partition coefficient (Wildman–Crippen LogP) is 3.92. The summed E-state index contributed by atoms with van der Waals surface area (Å²) >= 11 is 3.22. The number of hydrogen-bond acceptors (Lipinski definition) is 2. The number of hydrogen-bond donors (Lipinski definition) is 0. The van der Waals surface area contributed by atoms with E-state index < -0.39 is 11.7 Å². The Hall–Kier alpha value is -1.43. The quantitative estimate of drug-likeness (QED) is 0.798. The number of rotatable bonds is 1. The lowest BCUT2D eigenvalue weighted by Crippen LogP contribution is -2.09. The molecule has 0 unspecified atom stereocenters. The molecule has 0 bridgehead atoms. The van der Waals surface area contributed by atoms with Gasteiger partial charge in [0.15, 0.2) is 0 Å². The van der Waals surface area contributed by atoms with Crippen LogP contribution in [0.4, 0.5) is 13.2 Å². The number of alkyl halides is 3. The van der Waals surface area contributed by atoms with E-state index in [9.17, 15) is 13.2 Å². The van der Waals surface area contributed by atoms with Gasteiger partial charge in [0.25, 0.3) is 0 Å². The first-order chi connectivity index (χ1) is 7.98. The molecule has 1 aromatic heterocycles. The highest BCUT2D eigenvalue weighted by molar-refractivity contribution is 9.10. The van der Waals surface area contributed by atoms with Gasteiger partial charge in [-0.1, -0.05) is 28.1 Å². The van der Waals surface area contributed by atoms with Crippen LogP contribution >= 0.6 is 15.9 Å². The SMILES string of the molecule is FC(F)(F)c1cncnc1-c1ccc(Br)cc1. The van der Waals surface area contributed by atoms with Crippen LogP contribution in [0.25, 0.3) is 11.3 Å². The molecule has 0 amide bonds. The Balaban J connectivity index is 2.56. The van der Waals surface area contributed by atoms with E-state index in [1.807, 2.05) is 0 Å². The third-order valence-electron chi connectivity index (χ3n) is 2.14. The molecule has 1 aromatic carbocycles. The Labute approximate surface area is 104 Å². The van der Waals surface area contributed by atoms with Crippen LogP contribution < -0.4 is 0 Å². The fourth-order valence-electron chi connectivity index (χ4n) is 1.37. The van der Waals surface area contributed by atoms with E-state index in [2.05, 4.69) is 25.9 Å². The summed E-state index contributed by atoms with van der Waals surface area (Å²) < 4.78 is 39.0. The van der Waals surface area contributed by atoms with Crippen molar-refractivity contribution in [1.29, 1.82) is 0 Å². The Kier molecular flexibility index (Phi) is 3.15. The topological polar surface area (TPSA) is 25.8 Å². The predicted molar refractivity (Wildman–Crippen MR) is 60.2 cm³/mol. The van der Waals surface area contributed by atoms with Gasteiger partial charge in [-0.05, 0) is 12.1 Å². The van der Waals surface area contributed by atoms with E-state index in [1.54, 1.807) is 24.3 Å². The average Bonchev–Trinajstić information content (AvgIpc) is 2.29. The second-order valence-corrected chi connectivity index (χ2v) is 4.21. The number of nitrogens with zero attached hydrogens (tertiary/aromatic N) is 2. The Bertz CT molecular complexity index is 523. The molecule has 0 fully saturated rings. The highest BCUT2D eigenvalue weighted by atomic mass is 79.9. The minimum atomic E-state index is -4.45. The number of benzene rings is 1. The van der Waals surface area contributed by atoms with Crippen molar-refractivity contribution >= 4 is 15.9 Å². The van der Waals surface area contributed by atoms with E-state index >= 15 is 0 Å². The van der Waals surface area contributed by atoms with Crippen molar-refractivity contribution in [2.45, 2.75) is 6.18 Å². The molecule has 2 nitrogen and oxygen atoms in total. The van der Waals surface area contributed by atoms with Crippen LogP contribution in [0.15, 0.2) is 41.3 Å². The summed E-state index contributed by atoms with van der Waals surface area (Å²) in [5.41, 5.74) is -0.537. The maximum atomic E-state index is 12.7. The van der Waals surface area contributed by atoms with E-state index in [0.717, 1.165) is 17.0 Å². The maximum absolute atomic E-state index is 12.7. The molecule has 0 aliphatic carbocycles. The lowest BCUT2D eigenvalue weighted by molar-refractivity contribution is -0.137. The molecule has 2 rings (SSSR count). The molecule has 0 saturated carbocycles. The van der Waals surface area contributed by atoms with E-state index in [4.69, 9.17) is 0 Å². The van der Waals surface area contributed by atoms with Crippen molar-refractivity contribution in [3.63, 3.8) is 0 Å². The van der Waals surface area contributed by atoms with E-state index in [1.165, 1.54) is 0 Å². The Morgan fingerprint density at radius 2 is 1.71 bits per heavy atom. The minimum absolute atomic E-state index is 0.111. The smallest absolute Gasteiger partial charge is 0.244 e. The third-order valence-corrected chi connectivity index (χ3v) is 2.66. The van der Waals surface area contributed by atoms with Crippen molar-refractivity contribution in [3.8, 4) is 11.3 Å². The van der Waals surface area contributed by atoms with Crippen LogP contribution in [0.5, 0.6) is 0 Å². The summed E-state index contributed by atoms with van der Waals surface area (Å²) in [4.78, 5) is 7.11. The van der Waals surface area contributed by atoms with Gasteiger partial charge in [0.1, 0.15) is 11.9 Å².